The molecule has 0 fully saturated rings. The van der Waals surface area contributed by atoms with Gasteiger partial charge in [0.25, 0.3) is 11.8 Å². The summed E-state index contributed by atoms with van der Waals surface area (Å²) in [6.45, 7) is 3.62. The highest BCUT2D eigenvalue weighted by Crippen LogP contribution is 2.25. The normalized spacial score (nSPS) is 11.3. The average molecular weight is 429 g/mol. The first-order chi connectivity index (χ1) is 12.5. The van der Waals surface area contributed by atoms with Gasteiger partial charge in [-0.25, -0.2) is 8.42 Å². The third kappa shape index (κ3) is 5.45. The van der Waals surface area contributed by atoms with Crippen LogP contribution in [0.2, 0.25) is 10.0 Å². The molecule has 0 spiro atoms. The van der Waals surface area contributed by atoms with Crippen LogP contribution >= 0.6 is 23.2 Å². The first-order valence-electron chi connectivity index (χ1n) is 7.90. The molecule has 2 aromatic rings. The summed E-state index contributed by atoms with van der Waals surface area (Å²) >= 11 is 11.9. The third-order valence-electron chi connectivity index (χ3n) is 3.49. The molecule has 2 rings (SSSR count). The lowest BCUT2D eigenvalue weighted by Crippen LogP contribution is -2.31. The van der Waals surface area contributed by atoms with Crippen LogP contribution in [0.15, 0.2) is 41.3 Å². The Bertz CT molecular complexity index is 1000. The van der Waals surface area contributed by atoms with E-state index < -0.39 is 15.7 Å². The van der Waals surface area contributed by atoms with E-state index in [1.54, 1.807) is 0 Å². The van der Waals surface area contributed by atoms with Gasteiger partial charge in [0.15, 0.2) is 9.84 Å². The number of halogens is 2. The van der Waals surface area contributed by atoms with Gasteiger partial charge in [0, 0.05) is 22.9 Å². The Morgan fingerprint density at radius 2 is 1.67 bits per heavy atom. The second-order valence-corrected chi connectivity index (χ2v) is 9.02. The highest BCUT2D eigenvalue weighted by Gasteiger charge is 2.18. The van der Waals surface area contributed by atoms with Gasteiger partial charge in [-0.15, -0.1) is 0 Å². The molecular weight excluding hydrogens is 411 g/mol. The molecule has 0 unspecified atom stereocenters. The minimum Gasteiger partial charge on any atom is -0.350 e. The Morgan fingerprint density at radius 1 is 1.00 bits per heavy atom. The van der Waals surface area contributed by atoms with Crippen molar-refractivity contribution in [3.63, 3.8) is 0 Å². The van der Waals surface area contributed by atoms with Gasteiger partial charge in [-0.3, -0.25) is 9.59 Å². The fourth-order valence-electron chi connectivity index (χ4n) is 2.28. The van der Waals surface area contributed by atoms with E-state index in [1.807, 2.05) is 13.8 Å². The van der Waals surface area contributed by atoms with Crippen LogP contribution in [-0.4, -0.2) is 32.5 Å². The Kier molecular flexibility index (Phi) is 6.51. The molecule has 2 aromatic carbocycles. The molecule has 0 aliphatic rings. The summed E-state index contributed by atoms with van der Waals surface area (Å²) in [6, 6.07) is 8.30. The molecule has 0 bridgehead atoms. The predicted molar refractivity (Wildman–Crippen MR) is 107 cm³/mol. The Labute approximate surface area is 167 Å². The molecule has 144 valence electrons. The number of hydrogen-bond acceptors (Lipinski definition) is 4. The van der Waals surface area contributed by atoms with Crippen molar-refractivity contribution in [2.75, 3.05) is 11.6 Å². The molecule has 2 amide bonds. The van der Waals surface area contributed by atoms with E-state index in [-0.39, 0.29) is 38.7 Å². The number of hydrogen-bond donors (Lipinski definition) is 2. The second-order valence-electron chi connectivity index (χ2n) is 6.19. The summed E-state index contributed by atoms with van der Waals surface area (Å²) in [5.41, 5.74) is 0.523. The van der Waals surface area contributed by atoms with Crippen LogP contribution in [0.25, 0.3) is 0 Å². The maximum atomic E-state index is 12.6. The molecule has 0 saturated heterocycles. The standard InChI is InChI=1S/C18H18Cl2N2O4S/c1-10(2)21-18(24)13-6-5-12(19)9-15(13)22-17(23)11-4-7-14(20)16(8-11)27(3,25)26/h4-10H,1-3H3,(H,21,24)(H,22,23). The summed E-state index contributed by atoms with van der Waals surface area (Å²) in [5, 5.41) is 5.69. The zero-order valence-electron chi connectivity index (χ0n) is 14.8. The van der Waals surface area contributed by atoms with Gasteiger partial charge in [0.1, 0.15) is 0 Å². The molecule has 9 heteroatoms. The Balaban J connectivity index is 2.39. The molecule has 2 N–H and O–H groups in total. The number of anilines is 1. The molecule has 0 saturated carbocycles. The lowest BCUT2D eigenvalue weighted by molar-refractivity contribution is 0.0944. The topological polar surface area (TPSA) is 92.3 Å². The molecule has 0 aliphatic heterocycles. The summed E-state index contributed by atoms with van der Waals surface area (Å²) in [7, 11) is -3.60. The summed E-state index contributed by atoms with van der Waals surface area (Å²) in [5.74, 6) is -0.970. The van der Waals surface area contributed by atoms with E-state index in [2.05, 4.69) is 10.6 Å². The zero-order chi connectivity index (χ0) is 20.4. The van der Waals surface area contributed by atoms with E-state index >= 15 is 0 Å². The van der Waals surface area contributed by atoms with Crippen LogP contribution in [-0.2, 0) is 9.84 Å². The summed E-state index contributed by atoms with van der Waals surface area (Å²) in [4.78, 5) is 24.8. The van der Waals surface area contributed by atoms with Gasteiger partial charge in [-0.1, -0.05) is 23.2 Å². The molecule has 0 aliphatic carbocycles. The molecule has 0 heterocycles. The lowest BCUT2D eigenvalue weighted by atomic mass is 10.1. The largest absolute Gasteiger partial charge is 0.350 e. The van der Waals surface area contributed by atoms with Crippen molar-refractivity contribution < 1.29 is 18.0 Å². The highest BCUT2D eigenvalue weighted by molar-refractivity contribution is 7.90. The Hall–Kier alpha value is -2.09. The smallest absolute Gasteiger partial charge is 0.255 e. The van der Waals surface area contributed by atoms with Crippen molar-refractivity contribution in [2.24, 2.45) is 0 Å². The average Bonchev–Trinajstić information content (AvgIpc) is 2.53. The minimum atomic E-state index is -3.60. The maximum absolute atomic E-state index is 12.6. The fourth-order valence-corrected chi connectivity index (χ4v) is 3.75. The van der Waals surface area contributed by atoms with E-state index in [0.717, 1.165) is 6.26 Å². The van der Waals surface area contributed by atoms with Crippen LogP contribution in [0.3, 0.4) is 0 Å². The van der Waals surface area contributed by atoms with Gasteiger partial charge in [-0.05, 0) is 50.2 Å². The van der Waals surface area contributed by atoms with Crippen molar-refractivity contribution in [3.05, 3.63) is 57.6 Å². The number of carbonyl (C=O) groups excluding carboxylic acids is 2. The second kappa shape index (κ2) is 8.29. The number of carbonyl (C=O) groups is 2. The van der Waals surface area contributed by atoms with Gasteiger partial charge in [-0.2, -0.15) is 0 Å². The number of sulfone groups is 1. The first kappa shape index (κ1) is 21.2. The van der Waals surface area contributed by atoms with E-state index in [4.69, 9.17) is 23.2 Å². The molecule has 0 atom stereocenters. The molecule has 0 radical (unpaired) electrons. The van der Waals surface area contributed by atoms with Crippen LogP contribution < -0.4 is 10.6 Å². The zero-order valence-corrected chi connectivity index (χ0v) is 17.2. The van der Waals surface area contributed by atoms with Crippen LogP contribution in [0.4, 0.5) is 5.69 Å². The van der Waals surface area contributed by atoms with Crippen molar-refractivity contribution in [1.29, 1.82) is 0 Å². The van der Waals surface area contributed by atoms with Gasteiger partial charge in [0.05, 0.1) is 21.2 Å². The molecular formula is C18H18Cl2N2O4S. The monoisotopic (exact) mass is 428 g/mol. The van der Waals surface area contributed by atoms with Crippen LogP contribution in [0, 0.1) is 0 Å². The first-order valence-corrected chi connectivity index (χ1v) is 10.5. The minimum absolute atomic E-state index is 0.0220. The van der Waals surface area contributed by atoms with Crippen LogP contribution in [0.5, 0.6) is 0 Å². The Morgan fingerprint density at radius 3 is 2.26 bits per heavy atom. The SMILES string of the molecule is CC(C)NC(=O)c1ccc(Cl)cc1NC(=O)c1ccc(Cl)c(S(C)(=O)=O)c1. The number of amides is 2. The van der Waals surface area contributed by atoms with Crippen molar-refractivity contribution in [2.45, 2.75) is 24.8 Å². The quantitative estimate of drug-likeness (QED) is 0.757. The van der Waals surface area contributed by atoms with E-state index in [9.17, 15) is 18.0 Å². The number of nitrogens with one attached hydrogen (secondary N) is 2. The van der Waals surface area contributed by atoms with Crippen molar-refractivity contribution in [1.82, 2.24) is 5.32 Å². The molecule has 6 nitrogen and oxygen atoms in total. The summed E-state index contributed by atoms with van der Waals surface area (Å²) < 4.78 is 23.6. The lowest BCUT2D eigenvalue weighted by Gasteiger charge is -2.14. The fraction of sp³-hybridized carbons (Fsp3) is 0.222. The van der Waals surface area contributed by atoms with Gasteiger partial charge < -0.3 is 10.6 Å². The molecule has 27 heavy (non-hydrogen) atoms. The predicted octanol–water partition coefficient (Wildman–Crippen LogP) is 3.79. The molecule has 0 aromatic heterocycles. The maximum Gasteiger partial charge on any atom is 0.255 e. The van der Waals surface area contributed by atoms with Crippen molar-refractivity contribution in [3.8, 4) is 0 Å². The summed E-state index contributed by atoms with van der Waals surface area (Å²) in [6.07, 6.45) is 1.00. The van der Waals surface area contributed by atoms with E-state index in [0.29, 0.717) is 5.02 Å². The highest BCUT2D eigenvalue weighted by atomic mass is 35.5. The van der Waals surface area contributed by atoms with Crippen molar-refractivity contribution >= 4 is 50.5 Å². The third-order valence-corrected chi connectivity index (χ3v) is 5.30. The van der Waals surface area contributed by atoms with Crippen LogP contribution in [0.1, 0.15) is 34.6 Å². The van der Waals surface area contributed by atoms with E-state index in [1.165, 1.54) is 36.4 Å². The van der Waals surface area contributed by atoms with Gasteiger partial charge in [0.2, 0.25) is 0 Å². The van der Waals surface area contributed by atoms with Gasteiger partial charge >= 0.3 is 0 Å². The number of rotatable bonds is 5. The number of benzene rings is 2.